The number of aromatic amines is 1. The number of fused-ring (bicyclic) bond motifs is 3. The first-order chi connectivity index (χ1) is 10.8. The van der Waals surface area contributed by atoms with Gasteiger partial charge in [0.15, 0.2) is 0 Å². The van der Waals surface area contributed by atoms with E-state index in [0.29, 0.717) is 10.9 Å². The van der Waals surface area contributed by atoms with Crippen LogP contribution in [-0.2, 0) is 0 Å². The summed E-state index contributed by atoms with van der Waals surface area (Å²) in [5.41, 5.74) is 0.684. The number of rotatable bonds is 2. The molecule has 0 aliphatic rings. The van der Waals surface area contributed by atoms with Gasteiger partial charge in [0.1, 0.15) is 5.82 Å². The highest BCUT2D eigenvalue weighted by Crippen LogP contribution is 2.31. The lowest BCUT2D eigenvalue weighted by atomic mass is 9.88. The molecule has 0 unspecified atom stereocenters. The number of nitrogens with one attached hydrogen (secondary N) is 2. The van der Waals surface area contributed by atoms with Crippen molar-refractivity contribution in [1.29, 1.82) is 0 Å². The molecule has 5 heteroatoms. The third-order valence-electron chi connectivity index (χ3n) is 4.33. The number of aromatic nitrogens is 2. The smallest absolute Gasteiger partial charge is 0.258 e. The van der Waals surface area contributed by atoms with Gasteiger partial charge in [0.2, 0.25) is 0 Å². The van der Waals surface area contributed by atoms with E-state index in [9.17, 15) is 4.79 Å². The number of nitrogens with zero attached hydrogens (tertiary/aromatic N) is 1. The van der Waals surface area contributed by atoms with E-state index in [-0.39, 0.29) is 17.0 Å². The van der Waals surface area contributed by atoms with Crippen LogP contribution in [0.5, 0.6) is 0 Å². The van der Waals surface area contributed by atoms with Crippen molar-refractivity contribution in [1.82, 2.24) is 9.97 Å². The van der Waals surface area contributed by atoms with Gasteiger partial charge in [0.05, 0.1) is 10.9 Å². The number of anilines is 1. The van der Waals surface area contributed by atoms with E-state index >= 15 is 0 Å². The normalized spacial score (nSPS) is 13.4. The Morgan fingerprint density at radius 1 is 1.22 bits per heavy atom. The van der Waals surface area contributed by atoms with E-state index in [2.05, 4.69) is 53.9 Å². The van der Waals surface area contributed by atoms with Gasteiger partial charge in [0.25, 0.3) is 5.56 Å². The third kappa shape index (κ3) is 2.98. The minimum atomic E-state index is -0.117. The molecule has 0 aliphatic carbocycles. The fourth-order valence-electron chi connectivity index (χ4n) is 2.46. The summed E-state index contributed by atoms with van der Waals surface area (Å²) in [6, 6.07) is 8.02. The number of benzene rings is 1. The molecule has 0 saturated carbocycles. The molecule has 120 valence electrons. The van der Waals surface area contributed by atoms with Crippen LogP contribution in [0.3, 0.4) is 0 Å². The lowest BCUT2D eigenvalue weighted by molar-refractivity contribution is 0.359. The fraction of sp³-hybridized carbons (Fsp3) is 0.333. The zero-order valence-electron chi connectivity index (χ0n) is 13.7. The number of hydrogen-bond donors (Lipinski definition) is 2. The van der Waals surface area contributed by atoms with Crippen LogP contribution >= 0.6 is 15.9 Å². The summed E-state index contributed by atoms with van der Waals surface area (Å²) < 4.78 is 0.940. The molecular formula is C18H20BrN3O. The first-order valence-corrected chi connectivity index (χ1v) is 8.44. The maximum absolute atomic E-state index is 12.3. The molecular weight excluding hydrogens is 354 g/mol. The lowest BCUT2D eigenvalue weighted by Crippen LogP contribution is -2.31. The van der Waals surface area contributed by atoms with Gasteiger partial charge in [-0.25, -0.2) is 4.98 Å². The van der Waals surface area contributed by atoms with Crippen molar-refractivity contribution in [2.45, 2.75) is 33.7 Å². The summed E-state index contributed by atoms with van der Waals surface area (Å²) in [7, 11) is 0. The van der Waals surface area contributed by atoms with Crippen LogP contribution in [0.4, 0.5) is 5.82 Å². The zero-order chi connectivity index (χ0) is 16.8. The lowest BCUT2D eigenvalue weighted by Gasteiger charge is -2.29. The molecule has 23 heavy (non-hydrogen) atoms. The van der Waals surface area contributed by atoms with Gasteiger partial charge in [0, 0.05) is 27.5 Å². The summed E-state index contributed by atoms with van der Waals surface area (Å²) in [5.74, 6) is 0.813. The van der Waals surface area contributed by atoms with E-state index in [4.69, 9.17) is 4.98 Å². The minimum Gasteiger partial charge on any atom is -0.367 e. The second-order valence-electron chi connectivity index (χ2n) is 6.95. The first-order valence-electron chi connectivity index (χ1n) is 7.64. The molecule has 3 aromatic rings. The highest BCUT2D eigenvalue weighted by atomic mass is 79.9. The van der Waals surface area contributed by atoms with Gasteiger partial charge in [-0.15, -0.1) is 0 Å². The standard InChI is InChI=1S/C18H20BrN3O/c1-10(18(2,3)4)21-16-12-6-5-11(19)9-13(12)15-14(22-16)7-8-20-17(15)23/h5-10H,1-4H3,(H,20,23)(H,21,22)/t10-/m0/s1. The Bertz CT molecular complexity index is 941. The summed E-state index contributed by atoms with van der Waals surface area (Å²) >= 11 is 3.50. The molecule has 2 aromatic heterocycles. The average Bonchev–Trinajstić information content (AvgIpc) is 2.45. The molecule has 0 fully saturated rings. The molecule has 2 heterocycles. The summed E-state index contributed by atoms with van der Waals surface area (Å²) in [6.07, 6.45) is 1.64. The van der Waals surface area contributed by atoms with Crippen molar-refractivity contribution in [3.8, 4) is 0 Å². The van der Waals surface area contributed by atoms with E-state index in [1.54, 1.807) is 6.20 Å². The second-order valence-corrected chi connectivity index (χ2v) is 7.87. The maximum Gasteiger partial charge on any atom is 0.258 e. The van der Waals surface area contributed by atoms with Crippen molar-refractivity contribution in [2.24, 2.45) is 5.41 Å². The molecule has 0 spiro atoms. The molecule has 2 N–H and O–H groups in total. The van der Waals surface area contributed by atoms with Crippen LogP contribution in [-0.4, -0.2) is 16.0 Å². The zero-order valence-corrected chi connectivity index (χ0v) is 15.3. The monoisotopic (exact) mass is 373 g/mol. The molecule has 0 aliphatic heterocycles. The highest BCUT2D eigenvalue weighted by Gasteiger charge is 2.21. The molecule has 0 saturated heterocycles. The molecule has 0 radical (unpaired) electrons. The fourth-order valence-corrected chi connectivity index (χ4v) is 2.82. The van der Waals surface area contributed by atoms with Crippen LogP contribution in [0, 0.1) is 5.41 Å². The van der Waals surface area contributed by atoms with Crippen molar-refractivity contribution < 1.29 is 0 Å². The molecule has 1 aromatic carbocycles. The number of H-pyrrole nitrogens is 1. The van der Waals surface area contributed by atoms with E-state index in [0.717, 1.165) is 21.1 Å². The average molecular weight is 374 g/mol. The highest BCUT2D eigenvalue weighted by molar-refractivity contribution is 9.10. The maximum atomic E-state index is 12.3. The van der Waals surface area contributed by atoms with Gasteiger partial charge in [-0.05, 0) is 36.6 Å². The summed E-state index contributed by atoms with van der Waals surface area (Å²) in [6.45, 7) is 8.72. The Kier molecular flexibility index (Phi) is 3.92. The predicted molar refractivity (Wildman–Crippen MR) is 100 cm³/mol. The van der Waals surface area contributed by atoms with Crippen molar-refractivity contribution in [3.63, 3.8) is 0 Å². The third-order valence-corrected chi connectivity index (χ3v) is 4.82. The van der Waals surface area contributed by atoms with Crippen LogP contribution in [0.1, 0.15) is 27.7 Å². The van der Waals surface area contributed by atoms with Crippen molar-refractivity contribution in [3.05, 3.63) is 45.3 Å². The topological polar surface area (TPSA) is 57.8 Å². The molecule has 3 rings (SSSR count). The second kappa shape index (κ2) is 5.64. The Morgan fingerprint density at radius 3 is 2.65 bits per heavy atom. The van der Waals surface area contributed by atoms with Crippen LogP contribution in [0.2, 0.25) is 0 Å². The van der Waals surface area contributed by atoms with Gasteiger partial charge in [-0.3, -0.25) is 4.79 Å². The van der Waals surface area contributed by atoms with Crippen LogP contribution in [0.15, 0.2) is 39.7 Å². The minimum absolute atomic E-state index is 0.104. The Labute approximate surface area is 143 Å². The number of halogens is 1. The molecule has 0 amide bonds. The largest absolute Gasteiger partial charge is 0.367 e. The van der Waals surface area contributed by atoms with E-state index in [1.807, 2.05) is 24.3 Å². The molecule has 4 nitrogen and oxygen atoms in total. The summed E-state index contributed by atoms with van der Waals surface area (Å²) in [5, 5.41) is 5.99. The Morgan fingerprint density at radius 2 is 1.96 bits per heavy atom. The van der Waals surface area contributed by atoms with E-state index < -0.39 is 0 Å². The van der Waals surface area contributed by atoms with Gasteiger partial charge in [-0.2, -0.15) is 0 Å². The quantitative estimate of drug-likeness (QED) is 0.640. The number of pyridine rings is 2. The van der Waals surface area contributed by atoms with Gasteiger partial charge in [-0.1, -0.05) is 36.7 Å². The van der Waals surface area contributed by atoms with E-state index in [1.165, 1.54) is 0 Å². The van der Waals surface area contributed by atoms with Gasteiger partial charge >= 0.3 is 0 Å². The molecule has 0 bridgehead atoms. The molecule has 1 atom stereocenters. The SMILES string of the molecule is C[C@H](Nc1nc2cc[nH]c(=O)c2c2cc(Br)ccc12)C(C)(C)C. The van der Waals surface area contributed by atoms with Crippen molar-refractivity contribution >= 4 is 43.4 Å². The van der Waals surface area contributed by atoms with Gasteiger partial charge < -0.3 is 10.3 Å². The Balaban J connectivity index is 2.31. The van der Waals surface area contributed by atoms with Crippen LogP contribution in [0.25, 0.3) is 21.7 Å². The van der Waals surface area contributed by atoms with Crippen LogP contribution < -0.4 is 10.9 Å². The van der Waals surface area contributed by atoms with Crippen molar-refractivity contribution in [2.75, 3.05) is 5.32 Å². The summed E-state index contributed by atoms with van der Waals surface area (Å²) in [4.78, 5) is 19.7. The number of hydrogen-bond acceptors (Lipinski definition) is 3. The predicted octanol–water partition coefficient (Wildman–Crippen LogP) is 4.69. The Hall–Kier alpha value is -1.88. The first kappa shape index (κ1) is 16.0.